The van der Waals surface area contributed by atoms with Crippen LogP contribution in [0.3, 0.4) is 0 Å². The molecule has 1 aliphatic carbocycles. The first kappa shape index (κ1) is 11.6. The number of amides is 1. The van der Waals surface area contributed by atoms with E-state index in [1.54, 1.807) is 0 Å². The van der Waals surface area contributed by atoms with Gasteiger partial charge in [0.25, 0.3) is 0 Å². The van der Waals surface area contributed by atoms with Crippen molar-refractivity contribution in [3.8, 4) is 0 Å². The van der Waals surface area contributed by atoms with E-state index in [4.69, 9.17) is 0 Å². The van der Waals surface area contributed by atoms with Crippen molar-refractivity contribution in [3.63, 3.8) is 0 Å². The Morgan fingerprint density at radius 1 is 1.31 bits per heavy atom. The summed E-state index contributed by atoms with van der Waals surface area (Å²) in [4.78, 5) is 11.7. The highest BCUT2D eigenvalue weighted by molar-refractivity contribution is 5.76. The fourth-order valence-electron chi connectivity index (χ4n) is 2.52. The summed E-state index contributed by atoms with van der Waals surface area (Å²) in [6, 6.07) is 0. The van der Waals surface area contributed by atoms with Crippen molar-refractivity contribution in [2.45, 2.75) is 32.1 Å². The van der Waals surface area contributed by atoms with Crippen LogP contribution in [0.4, 0.5) is 0 Å². The molecular formula is C13H22N2O. The average Bonchev–Trinajstić information content (AvgIpc) is 2.81. The minimum absolute atomic E-state index is 0.232. The van der Waals surface area contributed by atoms with Gasteiger partial charge in [-0.25, -0.2) is 0 Å². The molecule has 2 N–H and O–H groups in total. The van der Waals surface area contributed by atoms with Crippen LogP contribution < -0.4 is 10.6 Å². The molecule has 2 aliphatic rings. The first-order chi connectivity index (χ1) is 7.84. The molecule has 16 heavy (non-hydrogen) atoms. The van der Waals surface area contributed by atoms with Gasteiger partial charge in [0.15, 0.2) is 0 Å². The van der Waals surface area contributed by atoms with E-state index >= 15 is 0 Å². The van der Waals surface area contributed by atoms with Crippen LogP contribution in [0.15, 0.2) is 12.2 Å². The van der Waals surface area contributed by atoms with Gasteiger partial charge in [-0.05, 0) is 50.6 Å². The number of hydrogen-bond acceptors (Lipinski definition) is 2. The predicted octanol–water partition coefficient (Wildman–Crippen LogP) is 1.46. The zero-order chi connectivity index (χ0) is 11.2. The first-order valence-electron chi connectivity index (χ1n) is 6.48. The highest BCUT2D eigenvalue weighted by atomic mass is 16.1. The van der Waals surface area contributed by atoms with Crippen molar-refractivity contribution in [2.24, 2.45) is 11.8 Å². The van der Waals surface area contributed by atoms with Crippen LogP contribution in [0, 0.1) is 11.8 Å². The Labute approximate surface area is 97.7 Å². The van der Waals surface area contributed by atoms with Crippen molar-refractivity contribution in [1.29, 1.82) is 0 Å². The second-order valence-corrected chi connectivity index (χ2v) is 4.97. The summed E-state index contributed by atoms with van der Waals surface area (Å²) in [5, 5.41) is 6.42. The van der Waals surface area contributed by atoms with Crippen molar-refractivity contribution >= 4 is 5.91 Å². The molecule has 90 valence electrons. The van der Waals surface area contributed by atoms with E-state index in [-0.39, 0.29) is 5.91 Å². The van der Waals surface area contributed by atoms with E-state index in [1.165, 1.54) is 12.8 Å². The smallest absolute Gasteiger partial charge is 0.220 e. The third-order valence-electron chi connectivity index (χ3n) is 3.61. The molecule has 0 aromatic rings. The van der Waals surface area contributed by atoms with Crippen molar-refractivity contribution in [3.05, 3.63) is 12.2 Å². The number of rotatable bonds is 4. The van der Waals surface area contributed by atoms with Crippen LogP contribution in [-0.4, -0.2) is 25.5 Å². The molecule has 1 unspecified atom stereocenters. The zero-order valence-electron chi connectivity index (χ0n) is 9.87. The van der Waals surface area contributed by atoms with Gasteiger partial charge in [0.2, 0.25) is 5.91 Å². The molecule has 0 saturated carbocycles. The average molecular weight is 222 g/mol. The maximum atomic E-state index is 11.7. The lowest BCUT2D eigenvalue weighted by atomic mass is 9.98. The summed E-state index contributed by atoms with van der Waals surface area (Å²) in [7, 11) is 0. The zero-order valence-corrected chi connectivity index (χ0v) is 9.87. The molecule has 2 rings (SSSR count). The highest BCUT2D eigenvalue weighted by Gasteiger charge is 2.16. The predicted molar refractivity (Wildman–Crippen MR) is 65.1 cm³/mol. The molecule has 0 bridgehead atoms. The standard InChI is InChI=1S/C13H22N2O/c16-13(9-11-3-1-2-4-11)15-10-12-5-7-14-8-6-12/h1,3,11-12,14H,2,4-10H2,(H,15,16). The Kier molecular flexibility index (Phi) is 4.40. The lowest BCUT2D eigenvalue weighted by Gasteiger charge is -2.22. The van der Waals surface area contributed by atoms with Gasteiger partial charge in [-0.1, -0.05) is 12.2 Å². The molecule has 1 aliphatic heterocycles. The summed E-state index contributed by atoms with van der Waals surface area (Å²) < 4.78 is 0. The van der Waals surface area contributed by atoms with Gasteiger partial charge in [-0.15, -0.1) is 0 Å². The largest absolute Gasteiger partial charge is 0.356 e. The van der Waals surface area contributed by atoms with Gasteiger partial charge in [0, 0.05) is 13.0 Å². The van der Waals surface area contributed by atoms with Gasteiger partial charge in [-0.3, -0.25) is 4.79 Å². The second kappa shape index (κ2) is 6.04. The van der Waals surface area contributed by atoms with E-state index in [1.807, 2.05) is 0 Å². The maximum absolute atomic E-state index is 11.7. The van der Waals surface area contributed by atoms with Crippen LogP contribution in [0.5, 0.6) is 0 Å². The summed E-state index contributed by atoms with van der Waals surface area (Å²) in [5.41, 5.74) is 0. The number of carbonyl (C=O) groups excluding carboxylic acids is 1. The minimum Gasteiger partial charge on any atom is -0.356 e. The SMILES string of the molecule is O=C(CC1C=CCC1)NCC1CCNCC1. The van der Waals surface area contributed by atoms with E-state index in [0.717, 1.165) is 32.5 Å². The topological polar surface area (TPSA) is 41.1 Å². The summed E-state index contributed by atoms with van der Waals surface area (Å²) in [6.07, 6.45) is 9.75. The van der Waals surface area contributed by atoms with Gasteiger partial charge in [0.05, 0.1) is 0 Å². The Hall–Kier alpha value is -0.830. The van der Waals surface area contributed by atoms with Crippen LogP contribution in [0.2, 0.25) is 0 Å². The Balaban J connectivity index is 1.61. The van der Waals surface area contributed by atoms with Crippen molar-refractivity contribution in [2.75, 3.05) is 19.6 Å². The third-order valence-corrected chi connectivity index (χ3v) is 3.61. The number of nitrogens with one attached hydrogen (secondary N) is 2. The monoisotopic (exact) mass is 222 g/mol. The molecule has 1 heterocycles. The van der Waals surface area contributed by atoms with Crippen LogP contribution >= 0.6 is 0 Å². The molecular weight excluding hydrogens is 200 g/mol. The Morgan fingerprint density at radius 2 is 2.12 bits per heavy atom. The minimum atomic E-state index is 0.232. The van der Waals surface area contributed by atoms with Gasteiger partial charge >= 0.3 is 0 Å². The third kappa shape index (κ3) is 3.63. The normalized spacial score (nSPS) is 25.9. The Morgan fingerprint density at radius 3 is 2.81 bits per heavy atom. The molecule has 0 spiro atoms. The van der Waals surface area contributed by atoms with Gasteiger partial charge in [-0.2, -0.15) is 0 Å². The molecule has 0 aromatic carbocycles. The summed E-state index contributed by atoms with van der Waals surface area (Å²) in [6.45, 7) is 3.08. The summed E-state index contributed by atoms with van der Waals surface area (Å²) >= 11 is 0. The maximum Gasteiger partial charge on any atom is 0.220 e. The van der Waals surface area contributed by atoms with Crippen LogP contribution in [-0.2, 0) is 4.79 Å². The van der Waals surface area contributed by atoms with Gasteiger partial charge in [0.1, 0.15) is 0 Å². The second-order valence-electron chi connectivity index (χ2n) is 4.97. The molecule has 1 atom stereocenters. The van der Waals surface area contributed by atoms with Crippen LogP contribution in [0.25, 0.3) is 0 Å². The molecule has 1 saturated heterocycles. The number of carbonyl (C=O) groups is 1. The number of allylic oxidation sites excluding steroid dienone is 2. The lowest BCUT2D eigenvalue weighted by Crippen LogP contribution is -2.36. The molecule has 3 nitrogen and oxygen atoms in total. The summed E-state index contributed by atoms with van der Waals surface area (Å²) in [5.74, 6) is 1.41. The van der Waals surface area contributed by atoms with Crippen LogP contribution in [0.1, 0.15) is 32.1 Å². The molecule has 0 aromatic heterocycles. The fourth-order valence-corrected chi connectivity index (χ4v) is 2.52. The van der Waals surface area contributed by atoms with E-state index in [2.05, 4.69) is 22.8 Å². The molecule has 3 heteroatoms. The van der Waals surface area contributed by atoms with Crippen molar-refractivity contribution < 1.29 is 4.79 Å². The quantitative estimate of drug-likeness (QED) is 0.707. The highest BCUT2D eigenvalue weighted by Crippen LogP contribution is 2.20. The fraction of sp³-hybridized carbons (Fsp3) is 0.769. The van der Waals surface area contributed by atoms with E-state index < -0.39 is 0 Å². The molecule has 0 radical (unpaired) electrons. The van der Waals surface area contributed by atoms with Crippen molar-refractivity contribution in [1.82, 2.24) is 10.6 Å². The van der Waals surface area contributed by atoms with E-state index in [9.17, 15) is 4.79 Å². The van der Waals surface area contributed by atoms with E-state index in [0.29, 0.717) is 18.3 Å². The lowest BCUT2D eigenvalue weighted by molar-refractivity contribution is -0.121. The number of piperidine rings is 1. The number of hydrogen-bond donors (Lipinski definition) is 2. The van der Waals surface area contributed by atoms with Gasteiger partial charge < -0.3 is 10.6 Å². The molecule has 1 fully saturated rings. The molecule has 1 amide bonds. The first-order valence-corrected chi connectivity index (χ1v) is 6.48. The Bertz CT molecular complexity index is 257.